The third-order valence-electron chi connectivity index (χ3n) is 2.97. The maximum absolute atomic E-state index is 12.1. The first kappa shape index (κ1) is 12.7. The van der Waals surface area contributed by atoms with Gasteiger partial charge in [0.1, 0.15) is 6.04 Å². The van der Waals surface area contributed by atoms with Crippen LogP contribution in [-0.4, -0.2) is 32.8 Å². The Bertz CT molecular complexity index is 501. The number of carbonyl (C=O) groups is 2. The standard InChI is InChI=1S/C13H14N2O2S/c1-9-12(17)14(13(18)15(9)10(2)16)8-11-6-4-3-5-7-11/h3-7,9H,8H2,1-2H3. The molecular formula is C13H14N2O2S. The van der Waals surface area contributed by atoms with E-state index in [2.05, 4.69) is 0 Å². The van der Waals surface area contributed by atoms with Gasteiger partial charge >= 0.3 is 0 Å². The second-order valence-corrected chi connectivity index (χ2v) is 4.62. The zero-order chi connectivity index (χ0) is 13.3. The molecule has 18 heavy (non-hydrogen) atoms. The normalized spacial score (nSPS) is 19.6. The fourth-order valence-corrected chi connectivity index (χ4v) is 2.49. The molecule has 0 radical (unpaired) electrons. The molecule has 1 aliphatic heterocycles. The molecule has 0 aromatic heterocycles. The minimum absolute atomic E-state index is 0.126. The van der Waals surface area contributed by atoms with Crippen molar-refractivity contribution >= 4 is 29.1 Å². The zero-order valence-corrected chi connectivity index (χ0v) is 11.1. The monoisotopic (exact) mass is 262 g/mol. The molecule has 2 amide bonds. The highest BCUT2D eigenvalue weighted by Gasteiger charge is 2.41. The van der Waals surface area contributed by atoms with Crippen molar-refractivity contribution in [1.82, 2.24) is 9.80 Å². The average molecular weight is 262 g/mol. The Balaban J connectivity index is 2.22. The van der Waals surface area contributed by atoms with Crippen molar-refractivity contribution in [3.05, 3.63) is 35.9 Å². The van der Waals surface area contributed by atoms with Crippen LogP contribution in [0.3, 0.4) is 0 Å². The molecule has 1 aromatic rings. The van der Waals surface area contributed by atoms with Crippen LogP contribution in [0.25, 0.3) is 0 Å². The van der Waals surface area contributed by atoms with Gasteiger partial charge in [0, 0.05) is 6.92 Å². The van der Waals surface area contributed by atoms with Crippen molar-refractivity contribution < 1.29 is 9.59 Å². The van der Waals surface area contributed by atoms with E-state index in [1.54, 1.807) is 6.92 Å². The summed E-state index contributed by atoms with van der Waals surface area (Å²) < 4.78 is 0. The molecule has 0 bridgehead atoms. The second-order valence-electron chi connectivity index (χ2n) is 4.26. The molecule has 0 N–H and O–H groups in total. The van der Waals surface area contributed by atoms with E-state index in [9.17, 15) is 9.59 Å². The van der Waals surface area contributed by atoms with Gasteiger partial charge in [-0.2, -0.15) is 0 Å². The molecule has 5 heteroatoms. The third kappa shape index (κ3) is 2.13. The molecule has 1 saturated heterocycles. The molecule has 1 aliphatic rings. The highest BCUT2D eigenvalue weighted by molar-refractivity contribution is 7.80. The van der Waals surface area contributed by atoms with E-state index in [1.165, 1.54) is 16.7 Å². The molecule has 0 spiro atoms. The van der Waals surface area contributed by atoms with E-state index < -0.39 is 6.04 Å². The lowest BCUT2D eigenvalue weighted by Crippen LogP contribution is -2.37. The van der Waals surface area contributed by atoms with Crippen LogP contribution in [0.1, 0.15) is 19.4 Å². The third-order valence-corrected chi connectivity index (χ3v) is 3.39. The van der Waals surface area contributed by atoms with Gasteiger partial charge in [0.05, 0.1) is 6.54 Å². The molecule has 1 aromatic carbocycles. The Morgan fingerprint density at radius 1 is 1.33 bits per heavy atom. The van der Waals surface area contributed by atoms with E-state index in [-0.39, 0.29) is 11.8 Å². The van der Waals surface area contributed by atoms with Gasteiger partial charge in [-0.3, -0.25) is 19.4 Å². The van der Waals surface area contributed by atoms with Crippen LogP contribution < -0.4 is 0 Å². The van der Waals surface area contributed by atoms with E-state index in [1.807, 2.05) is 30.3 Å². The summed E-state index contributed by atoms with van der Waals surface area (Å²) in [6.07, 6.45) is 0. The lowest BCUT2D eigenvalue weighted by Gasteiger charge is -2.18. The first-order chi connectivity index (χ1) is 8.52. The highest BCUT2D eigenvalue weighted by atomic mass is 32.1. The molecule has 4 nitrogen and oxygen atoms in total. The Labute approximate surface area is 111 Å². The molecule has 2 rings (SSSR count). The van der Waals surface area contributed by atoms with Gasteiger partial charge in [-0.15, -0.1) is 0 Å². The lowest BCUT2D eigenvalue weighted by molar-refractivity contribution is -0.133. The predicted octanol–water partition coefficient (Wildman–Crippen LogP) is 1.55. The molecule has 1 heterocycles. The molecule has 94 valence electrons. The average Bonchev–Trinajstić information content (AvgIpc) is 2.55. The number of nitrogens with zero attached hydrogens (tertiary/aromatic N) is 2. The Kier molecular flexibility index (Phi) is 3.43. The number of rotatable bonds is 2. The highest BCUT2D eigenvalue weighted by Crippen LogP contribution is 2.20. The minimum Gasteiger partial charge on any atom is -0.283 e. The van der Waals surface area contributed by atoms with Crippen LogP contribution in [0.5, 0.6) is 0 Å². The van der Waals surface area contributed by atoms with Crippen LogP contribution in [-0.2, 0) is 16.1 Å². The van der Waals surface area contributed by atoms with Gasteiger partial charge in [0.25, 0.3) is 5.91 Å². The number of hydrogen-bond acceptors (Lipinski definition) is 3. The molecular weight excluding hydrogens is 248 g/mol. The summed E-state index contributed by atoms with van der Waals surface area (Å²) in [5.41, 5.74) is 0.991. The summed E-state index contributed by atoms with van der Waals surface area (Å²) in [5, 5.41) is 0.295. The summed E-state index contributed by atoms with van der Waals surface area (Å²) in [6, 6.07) is 9.08. The molecule has 1 unspecified atom stereocenters. The van der Waals surface area contributed by atoms with Crippen molar-refractivity contribution in [2.75, 3.05) is 0 Å². The van der Waals surface area contributed by atoms with E-state index in [0.717, 1.165) is 5.56 Å². The summed E-state index contributed by atoms with van der Waals surface area (Å²) in [5.74, 6) is -0.324. The largest absolute Gasteiger partial charge is 0.283 e. The van der Waals surface area contributed by atoms with E-state index >= 15 is 0 Å². The van der Waals surface area contributed by atoms with Gasteiger partial charge < -0.3 is 0 Å². The topological polar surface area (TPSA) is 40.6 Å². The van der Waals surface area contributed by atoms with Gasteiger partial charge in [0.2, 0.25) is 5.91 Å². The van der Waals surface area contributed by atoms with Gasteiger partial charge in [0.15, 0.2) is 5.11 Å². The quantitative estimate of drug-likeness (QED) is 0.759. The van der Waals surface area contributed by atoms with E-state index in [0.29, 0.717) is 11.7 Å². The fraction of sp³-hybridized carbons (Fsp3) is 0.308. The fourth-order valence-electron chi connectivity index (χ4n) is 2.04. The van der Waals surface area contributed by atoms with Crippen LogP contribution in [0.4, 0.5) is 0 Å². The Morgan fingerprint density at radius 3 is 2.44 bits per heavy atom. The SMILES string of the molecule is CC(=O)N1C(=S)N(Cc2ccccc2)C(=O)C1C. The number of hydrogen-bond donors (Lipinski definition) is 0. The molecule has 0 saturated carbocycles. The van der Waals surface area contributed by atoms with Crippen LogP contribution in [0.2, 0.25) is 0 Å². The summed E-state index contributed by atoms with van der Waals surface area (Å²) >= 11 is 5.20. The summed E-state index contributed by atoms with van der Waals surface area (Å²) in [4.78, 5) is 26.4. The number of carbonyl (C=O) groups excluding carboxylic acids is 2. The number of thiocarbonyl (C=S) groups is 1. The van der Waals surface area contributed by atoms with Crippen molar-refractivity contribution in [3.8, 4) is 0 Å². The maximum atomic E-state index is 12.1. The number of amides is 2. The molecule has 0 aliphatic carbocycles. The summed E-state index contributed by atoms with van der Waals surface area (Å²) in [7, 11) is 0. The van der Waals surface area contributed by atoms with E-state index in [4.69, 9.17) is 12.2 Å². The first-order valence-electron chi connectivity index (χ1n) is 5.71. The lowest BCUT2D eigenvalue weighted by atomic mass is 10.2. The molecule has 1 fully saturated rings. The van der Waals surface area contributed by atoms with Crippen molar-refractivity contribution in [2.45, 2.75) is 26.4 Å². The van der Waals surface area contributed by atoms with Crippen molar-refractivity contribution in [3.63, 3.8) is 0 Å². The first-order valence-corrected chi connectivity index (χ1v) is 6.12. The second kappa shape index (κ2) is 4.86. The predicted molar refractivity (Wildman–Crippen MR) is 71.6 cm³/mol. The zero-order valence-electron chi connectivity index (χ0n) is 10.3. The number of benzene rings is 1. The van der Waals surface area contributed by atoms with Crippen LogP contribution >= 0.6 is 12.2 Å². The van der Waals surface area contributed by atoms with Gasteiger partial charge in [-0.25, -0.2) is 0 Å². The van der Waals surface area contributed by atoms with Gasteiger partial charge in [-0.05, 0) is 24.7 Å². The Hall–Kier alpha value is -1.75. The Morgan fingerprint density at radius 2 is 1.94 bits per heavy atom. The van der Waals surface area contributed by atoms with Crippen LogP contribution in [0.15, 0.2) is 30.3 Å². The summed E-state index contributed by atoms with van der Waals surface area (Å²) in [6.45, 7) is 3.52. The van der Waals surface area contributed by atoms with Crippen LogP contribution in [0, 0.1) is 0 Å². The van der Waals surface area contributed by atoms with Gasteiger partial charge in [-0.1, -0.05) is 30.3 Å². The molecule has 1 atom stereocenters. The maximum Gasteiger partial charge on any atom is 0.252 e. The smallest absolute Gasteiger partial charge is 0.252 e. The minimum atomic E-state index is -0.501. The van der Waals surface area contributed by atoms with Crippen molar-refractivity contribution in [1.29, 1.82) is 0 Å². The van der Waals surface area contributed by atoms with Crippen molar-refractivity contribution in [2.24, 2.45) is 0 Å².